The van der Waals surface area contributed by atoms with Gasteiger partial charge < -0.3 is 15.6 Å². The van der Waals surface area contributed by atoms with Gasteiger partial charge in [-0.3, -0.25) is 9.78 Å². The van der Waals surface area contributed by atoms with Crippen molar-refractivity contribution in [2.45, 2.75) is 32.2 Å². The summed E-state index contributed by atoms with van der Waals surface area (Å²) in [5, 5.41) is 10.8. The van der Waals surface area contributed by atoms with Gasteiger partial charge in [-0.1, -0.05) is 31.2 Å². The fourth-order valence-corrected chi connectivity index (χ4v) is 2.72. The zero-order chi connectivity index (χ0) is 21.1. The molecule has 6 nitrogen and oxygen atoms in total. The van der Waals surface area contributed by atoms with Crippen LogP contribution in [0.3, 0.4) is 0 Å². The first kappa shape index (κ1) is 21.5. The number of alkyl halides is 3. The molecule has 0 aliphatic carbocycles. The number of benzene rings is 1. The maximum Gasteiger partial charge on any atom is 0.270 e. The number of nitrogens with zero attached hydrogens (tertiary/aromatic N) is 2. The van der Waals surface area contributed by atoms with Gasteiger partial charge >= 0.3 is 0 Å². The van der Waals surface area contributed by atoms with E-state index in [0.29, 0.717) is 12.0 Å². The van der Waals surface area contributed by atoms with Crippen molar-refractivity contribution in [3.05, 3.63) is 51.3 Å². The molecule has 1 aromatic heterocycles. The summed E-state index contributed by atoms with van der Waals surface area (Å²) in [4.78, 5) is 20.8. The van der Waals surface area contributed by atoms with E-state index in [-0.39, 0.29) is 28.9 Å². The fraction of sp³-hybridized carbons (Fsp3) is 0.421. The Morgan fingerprint density at radius 1 is 1.32 bits per heavy atom. The Labute approximate surface area is 161 Å². The summed E-state index contributed by atoms with van der Waals surface area (Å²) < 4.78 is 39.9. The van der Waals surface area contributed by atoms with Crippen molar-refractivity contribution in [2.75, 3.05) is 31.0 Å². The molecule has 2 rings (SSSR count). The summed E-state index contributed by atoms with van der Waals surface area (Å²) in [6, 6.07) is 5.48. The van der Waals surface area contributed by atoms with Crippen LogP contribution in [-0.2, 0) is 5.92 Å². The molecule has 1 unspecified atom stereocenters. The van der Waals surface area contributed by atoms with Crippen molar-refractivity contribution in [3.63, 3.8) is 0 Å². The van der Waals surface area contributed by atoms with E-state index in [1.54, 1.807) is 31.1 Å². The molecule has 0 spiro atoms. The predicted octanol–water partition coefficient (Wildman–Crippen LogP) is 3.85. The first-order valence-corrected chi connectivity index (χ1v) is 8.78. The quantitative estimate of drug-likeness (QED) is 0.593. The van der Waals surface area contributed by atoms with Gasteiger partial charge in [0, 0.05) is 26.6 Å². The van der Waals surface area contributed by atoms with Crippen molar-refractivity contribution in [2.24, 2.45) is 0 Å². The monoisotopic (exact) mass is 395 g/mol. The topological polar surface area (TPSA) is 84.9 Å². The van der Waals surface area contributed by atoms with Gasteiger partial charge in [-0.05, 0) is 12.0 Å². The Hall–Kier alpha value is -2.84. The highest BCUT2D eigenvalue weighted by molar-refractivity contribution is 6.02. The summed E-state index contributed by atoms with van der Waals surface area (Å²) in [6.07, 6.45) is 0.552. The molecule has 28 heavy (non-hydrogen) atoms. The number of nitrogens with one attached hydrogen (secondary N) is 3. The molecule has 1 aromatic carbocycles. The van der Waals surface area contributed by atoms with Crippen molar-refractivity contribution in [1.29, 1.82) is 5.41 Å². The average Bonchev–Trinajstić information content (AvgIpc) is 2.64. The Morgan fingerprint density at radius 3 is 2.39 bits per heavy atom. The molecule has 152 valence electrons. The summed E-state index contributed by atoms with van der Waals surface area (Å²) in [5.41, 5.74) is -0.683. The number of halogens is 3. The first-order valence-electron chi connectivity index (χ1n) is 8.78. The summed E-state index contributed by atoms with van der Waals surface area (Å²) in [5.74, 6) is -2.61. The third-order valence-electron chi connectivity index (χ3n) is 4.31. The Bertz CT molecular complexity index is 888. The molecule has 0 saturated carbocycles. The van der Waals surface area contributed by atoms with Gasteiger partial charge in [0.05, 0.1) is 11.8 Å². The Morgan fingerprint density at radius 2 is 1.93 bits per heavy atom. The molecular weight excluding hydrogens is 371 g/mol. The van der Waals surface area contributed by atoms with Crippen molar-refractivity contribution >= 4 is 17.5 Å². The lowest BCUT2D eigenvalue weighted by Crippen LogP contribution is -2.27. The van der Waals surface area contributed by atoms with Crippen LogP contribution >= 0.6 is 0 Å². The molecule has 9 heteroatoms. The highest BCUT2D eigenvalue weighted by Crippen LogP contribution is 2.29. The van der Waals surface area contributed by atoms with Crippen LogP contribution in [0.15, 0.2) is 29.1 Å². The number of rotatable bonds is 8. The molecule has 0 radical (unpaired) electrons. The second kappa shape index (κ2) is 8.45. The zero-order valence-corrected chi connectivity index (χ0v) is 16.2. The van der Waals surface area contributed by atoms with Crippen LogP contribution in [0.1, 0.15) is 43.0 Å². The molecule has 0 bridgehead atoms. The van der Waals surface area contributed by atoms with Crippen LogP contribution in [-0.4, -0.2) is 36.4 Å². The summed E-state index contributed by atoms with van der Waals surface area (Å²) >= 11 is 0. The largest absolute Gasteiger partial charge is 0.362 e. The van der Waals surface area contributed by atoms with E-state index >= 15 is 0 Å². The molecule has 1 atom stereocenters. The van der Waals surface area contributed by atoms with Crippen LogP contribution in [0.25, 0.3) is 0 Å². The van der Waals surface area contributed by atoms with Gasteiger partial charge in [-0.2, -0.15) is 4.98 Å². The maximum absolute atomic E-state index is 13.4. The van der Waals surface area contributed by atoms with E-state index in [1.165, 1.54) is 12.1 Å². The molecule has 0 aliphatic heterocycles. The normalized spacial score (nSPS) is 12.5. The lowest BCUT2D eigenvalue weighted by atomic mass is 10.0. The van der Waals surface area contributed by atoms with E-state index in [4.69, 9.17) is 5.41 Å². The SMILES string of the molecule is CCC(Nc1nc(N(C)C)[nH]c(=O)c1C(=N)CF)c1ccc(C(C)(F)F)cc1. The van der Waals surface area contributed by atoms with Crippen molar-refractivity contribution < 1.29 is 13.2 Å². The molecule has 2 aromatic rings. The van der Waals surface area contributed by atoms with E-state index in [2.05, 4.69) is 15.3 Å². The number of aromatic amines is 1. The standard InChI is InChI=1S/C19H24F3N5O/c1-5-14(11-6-8-12(9-7-11)19(2,21)22)24-16-15(13(23)10-20)17(28)26-18(25-16)27(3)4/h6-9,14,23H,5,10H2,1-4H3,(H2,24,25,26,28). The second-order valence-electron chi connectivity index (χ2n) is 6.74. The van der Waals surface area contributed by atoms with Crippen LogP contribution in [0.5, 0.6) is 0 Å². The number of hydrogen-bond donors (Lipinski definition) is 3. The summed E-state index contributed by atoms with van der Waals surface area (Å²) in [6.45, 7) is 1.59. The van der Waals surface area contributed by atoms with Crippen molar-refractivity contribution in [1.82, 2.24) is 9.97 Å². The van der Waals surface area contributed by atoms with E-state index in [9.17, 15) is 18.0 Å². The van der Waals surface area contributed by atoms with Gasteiger partial charge in [-0.15, -0.1) is 0 Å². The smallest absolute Gasteiger partial charge is 0.270 e. The minimum absolute atomic E-state index is 0.0758. The molecular formula is C19H24F3N5O. The second-order valence-corrected chi connectivity index (χ2v) is 6.74. The van der Waals surface area contributed by atoms with E-state index in [0.717, 1.165) is 6.92 Å². The number of hydrogen-bond acceptors (Lipinski definition) is 5. The molecule has 0 fully saturated rings. The van der Waals surface area contributed by atoms with Gasteiger partial charge in [0.15, 0.2) is 0 Å². The maximum atomic E-state index is 13.4. The number of aromatic nitrogens is 2. The minimum Gasteiger partial charge on any atom is -0.362 e. The highest BCUT2D eigenvalue weighted by Gasteiger charge is 2.25. The molecule has 1 heterocycles. The zero-order valence-electron chi connectivity index (χ0n) is 16.2. The van der Waals surface area contributed by atoms with Gasteiger partial charge in [-0.25, -0.2) is 13.2 Å². The lowest BCUT2D eigenvalue weighted by Gasteiger charge is -2.22. The van der Waals surface area contributed by atoms with Crippen LogP contribution in [0.2, 0.25) is 0 Å². The molecule has 0 aliphatic rings. The van der Waals surface area contributed by atoms with Crippen LogP contribution in [0.4, 0.5) is 24.9 Å². The molecule has 0 saturated heterocycles. The average molecular weight is 395 g/mol. The third-order valence-corrected chi connectivity index (χ3v) is 4.31. The van der Waals surface area contributed by atoms with E-state index in [1.807, 2.05) is 6.92 Å². The van der Waals surface area contributed by atoms with Gasteiger partial charge in [0.1, 0.15) is 18.1 Å². The van der Waals surface area contributed by atoms with E-state index < -0.39 is 23.9 Å². The Balaban J connectivity index is 2.45. The molecule has 0 amide bonds. The third kappa shape index (κ3) is 4.71. The first-order chi connectivity index (χ1) is 13.1. The highest BCUT2D eigenvalue weighted by atomic mass is 19.3. The number of H-pyrrole nitrogens is 1. The molecule has 3 N–H and O–H groups in total. The predicted molar refractivity (Wildman–Crippen MR) is 105 cm³/mol. The number of anilines is 2. The van der Waals surface area contributed by atoms with Crippen molar-refractivity contribution in [3.8, 4) is 0 Å². The minimum atomic E-state index is -2.94. The van der Waals surface area contributed by atoms with Gasteiger partial charge in [0.25, 0.3) is 11.5 Å². The summed E-state index contributed by atoms with van der Waals surface area (Å²) in [7, 11) is 3.37. The van der Waals surface area contributed by atoms with Crippen LogP contribution in [0, 0.1) is 5.41 Å². The fourth-order valence-electron chi connectivity index (χ4n) is 2.72. The van der Waals surface area contributed by atoms with Gasteiger partial charge in [0.2, 0.25) is 5.95 Å². The lowest BCUT2D eigenvalue weighted by molar-refractivity contribution is 0.0174. The Kier molecular flexibility index (Phi) is 6.48. The van der Waals surface area contributed by atoms with Crippen LogP contribution < -0.4 is 15.8 Å².